The number of ether oxygens (including phenoxy) is 1. The molecule has 1 aliphatic carbocycles. The van der Waals surface area contributed by atoms with Gasteiger partial charge >= 0.3 is 0 Å². The molecule has 1 saturated carbocycles. The molecule has 1 aliphatic rings. The number of benzene rings is 1. The van der Waals surface area contributed by atoms with Crippen LogP contribution in [0.3, 0.4) is 0 Å². The number of carbonyl (C=O) groups is 2. The van der Waals surface area contributed by atoms with Gasteiger partial charge in [0.15, 0.2) is 0 Å². The van der Waals surface area contributed by atoms with E-state index in [1.165, 1.54) is 0 Å². The Labute approximate surface area is 131 Å². The summed E-state index contributed by atoms with van der Waals surface area (Å²) in [7, 11) is 1.56. The molecule has 1 aromatic carbocycles. The molecule has 1 aromatic rings. The first-order chi connectivity index (χ1) is 10.4. The molecule has 0 spiro atoms. The van der Waals surface area contributed by atoms with Gasteiger partial charge in [0.2, 0.25) is 11.8 Å². The second-order valence-electron chi connectivity index (χ2n) is 6.34. The van der Waals surface area contributed by atoms with Crippen molar-refractivity contribution in [2.45, 2.75) is 33.6 Å². The highest BCUT2D eigenvalue weighted by atomic mass is 16.5. The molecule has 0 bridgehead atoms. The van der Waals surface area contributed by atoms with Gasteiger partial charge in [-0.3, -0.25) is 9.59 Å². The van der Waals surface area contributed by atoms with Crippen LogP contribution in [-0.2, 0) is 9.59 Å². The normalized spacial score (nSPS) is 15.3. The summed E-state index contributed by atoms with van der Waals surface area (Å²) in [4.78, 5) is 24.8. The van der Waals surface area contributed by atoms with E-state index in [0.717, 1.165) is 5.56 Å². The monoisotopic (exact) mass is 304 g/mol. The second kappa shape index (κ2) is 6.38. The standard InChI is InChI=1S/C17H24N2O3/c1-11(2)10-18-15(20)17(7-8-17)16(21)19-13-9-12(3)5-6-14(13)22-4/h5-6,9,11H,7-8,10H2,1-4H3,(H,18,20)(H,19,21). The molecule has 1 fully saturated rings. The Morgan fingerprint density at radius 1 is 1.27 bits per heavy atom. The number of nitrogens with one attached hydrogen (secondary N) is 2. The highest BCUT2D eigenvalue weighted by molar-refractivity contribution is 6.13. The molecular weight excluding hydrogens is 280 g/mol. The lowest BCUT2D eigenvalue weighted by atomic mass is 10.0. The van der Waals surface area contributed by atoms with E-state index in [0.29, 0.717) is 36.7 Å². The maximum atomic E-state index is 12.5. The van der Waals surface area contributed by atoms with E-state index in [9.17, 15) is 9.59 Å². The minimum Gasteiger partial charge on any atom is -0.495 e. The SMILES string of the molecule is COc1ccc(C)cc1NC(=O)C1(C(=O)NCC(C)C)CC1. The van der Waals surface area contributed by atoms with E-state index in [1.54, 1.807) is 7.11 Å². The van der Waals surface area contributed by atoms with Crippen molar-refractivity contribution < 1.29 is 14.3 Å². The predicted molar refractivity (Wildman–Crippen MR) is 85.9 cm³/mol. The van der Waals surface area contributed by atoms with Crippen LogP contribution < -0.4 is 15.4 Å². The van der Waals surface area contributed by atoms with Crippen LogP contribution in [0.15, 0.2) is 18.2 Å². The fourth-order valence-electron chi connectivity index (χ4n) is 2.31. The van der Waals surface area contributed by atoms with Crippen LogP contribution in [0, 0.1) is 18.3 Å². The van der Waals surface area contributed by atoms with Gasteiger partial charge in [-0.15, -0.1) is 0 Å². The van der Waals surface area contributed by atoms with Gasteiger partial charge in [0.1, 0.15) is 11.2 Å². The first kappa shape index (κ1) is 16.3. The maximum absolute atomic E-state index is 12.5. The summed E-state index contributed by atoms with van der Waals surface area (Å²) in [6.07, 6.45) is 1.19. The Morgan fingerprint density at radius 3 is 2.50 bits per heavy atom. The molecule has 120 valence electrons. The molecule has 0 atom stereocenters. The molecular formula is C17H24N2O3. The fraction of sp³-hybridized carbons (Fsp3) is 0.529. The molecule has 5 heteroatoms. The van der Waals surface area contributed by atoms with Crippen molar-refractivity contribution in [1.82, 2.24) is 5.32 Å². The number of hydrogen-bond acceptors (Lipinski definition) is 3. The zero-order valence-corrected chi connectivity index (χ0v) is 13.7. The van der Waals surface area contributed by atoms with E-state index in [1.807, 2.05) is 39.0 Å². The minimum atomic E-state index is -0.913. The Hall–Kier alpha value is -2.04. The van der Waals surface area contributed by atoms with Gasteiger partial charge < -0.3 is 15.4 Å². The average Bonchev–Trinajstić information content (AvgIpc) is 3.26. The van der Waals surface area contributed by atoms with Gasteiger partial charge in [0.25, 0.3) is 0 Å². The van der Waals surface area contributed by atoms with Gasteiger partial charge in [-0.05, 0) is 43.4 Å². The number of hydrogen-bond donors (Lipinski definition) is 2. The molecule has 0 aliphatic heterocycles. The summed E-state index contributed by atoms with van der Waals surface area (Å²) in [5, 5.41) is 5.71. The summed E-state index contributed by atoms with van der Waals surface area (Å²) < 4.78 is 5.26. The summed E-state index contributed by atoms with van der Waals surface area (Å²) in [5.41, 5.74) is 0.713. The Bertz CT molecular complexity index is 577. The number of rotatable bonds is 6. The number of methoxy groups -OCH3 is 1. The molecule has 2 amide bonds. The summed E-state index contributed by atoms with van der Waals surface area (Å²) in [5.74, 6) is 0.528. The molecule has 5 nitrogen and oxygen atoms in total. The summed E-state index contributed by atoms with van der Waals surface area (Å²) in [6, 6.07) is 5.57. The third-order valence-electron chi connectivity index (χ3n) is 3.89. The van der Waals surface area contributed by atoms with E-state index in [2.05, 4.69) is 10.6 Å². The van der Waals surface area contributed by atoms with Crippen molar-refractivity contribution in [2.24, 2.45) is 11.3 Å². The van der Waals surface area contributed by atoms with Crippen LogP contribution in [0.4, 0.5) is 5.69 Å². The number of carbonyl (C=O) groups excluding carboxylic acids is 2. The van der Waals surface area contributed by atoms with Gasteiger partial charge in [-0.1, -0.05) is 19.9 Å². The third kappa shape index (κ3) is 3.40. The molecule has 0 heterocycles. The number of aryl methyl sites for hydroxylation is 1. The first-order valence-electron chi connectivity index (χ1n) is 7.63. The molecule has 0 unspecified atom stereocenters. The van der Waals surface area contributed by atoms with Gasteiger partial charge in [0, 0.05) is 6.54 Å². The van der Waals surface area contributed by atoms with Gasteiger partial charge in [-0.25, -0.2) is 0 Å². The summed E-state index contributed by atoms with van der Waals surface area (Å²) in [6.45, 7) is 6.58. The Morgan fingerprint density at radius 2 is 1.95 bits per heavy atom. The summed E-state index contributed by atoms with van der Waals surface area (Å²) >= 11 is 0. The van der Waals surface area contributed by atoms with Crippen LogP contribution in [0.1, 0.15) is 32.3 Å². The van der Waals surface area contributed by atoms with Crippen LogP contribution in [0.2, 0.25) is 0 Å². The fourth-order valence-corrected chi connectivity index (χ4v) is 2.31. The molecule has 0 radical (unpaired) electrons. The topological polar surface area (TPSA) is 67.4 Å². The van der Waals surface area contributed by atoms with Gasteiger partial charge in [0.05, 0.1) is 12.8 Å². The Balaban J connectivity index is 2.09. The van der Waals surface area contributed by atoms with Crippen molar-refractivity contribution in [2.75, 3.05) is 19.0 Å². The van der Waals surface area contributed by atoms with E-state index in [4.69, 9.17) is 4.74 Å². The lowest BCUT2D eigenvalue weighted by Gasteiger charge is -2.17. The van der Waals surface area contributed by atoms with E-state index < -0.39 is 5.41 Å². The smallest absolute Gasteiger partial charge is 0.240 e. The Kier molecular flexibility index (Phi) is 4.74. The van der Waals surface area contributed by atoms with Gasteiger partial charge in [-0.2, -0.15) is 0 Å². The van der Waals surface area contributed by atoms with Crippen molar-refractivity contribution in [1.29, 1.82) is 0 Å². The molecule has 2 rings (SSSR count). The number of anilines is 1. The van der Waals surface area contributed by atoms with E-state index >= 15 is 0 Å². The quantitative estimate of drug-likeness (QED) is 0.794. The third-order valence-corrected chi connectivity index (χ3v) is 3.89. The highest BCUT2D eigenvalue weighted by Crippen LogP contribution is 2.47. The largest absolute Gasteiger partial charge is 0.495 e. The predicted octanol–water partition coefficient (Wildman–Crippen LogP) is 2.49. The van der Waals surface area contributed by atoms with E-state index in [-0.39, 0.29) is 11.8 Å². The van der Waals surface area contributed by atoms with Crippen molar-refractivity contribution in [3.8, 4) is 5.75 Å². The van der Waals surface area contributed by atoms with Crippen molar-refractivity contribution in [3.05, 3.63) is 23.8 Å². The highest BCUT2D eigenvalue weighted by Gasteiger charge is 2.56. The van der Waals surface area contributed by atoms with Crippen molar-refractivity contribution >= 4 is 17.5 Å². The molecule has 0 aromatic heterocycles. The van der Waals surface area contributed by atoms with Crippen LogP contribution in [0.5, 0.6) is 5.75 Å². The molecule has 2 N–H and O–H groups in total. The first-order valence-corrected chi connectivity index (χ1v) is 7.63. The lowest BCUT2D eigenvalue weighted by Crippen LogP contribution is -2.41. The van der Waals surface area contributed by atoms with Crippen molar-refractivity contribution in [3.63, 3.8) is 0 Å². The maximum Gasteiger partial charge on any atom is 0.240 e. The molecule has 22 heavy (non-hydrogen) atoms. The van der Waals surface area contributed by atoms with Crippen LogP contribution in [-0.4, -0.2) is 25.5 Å². The number of amides is 2. The zero-order valence-electron chi connectivity index (χ0n) is 13.7. The second-order valence-corrected chi connectivity index (χ2v) is 6.34. The van der Waals surface area contributed by atoms with Crippen LogP contribution >= 0.6 is 0 Å². The van der Waals surface area contributed by atoms with Crippen LogP contribution in [0.25, 0.3) is 0 Å². The average molecular weight is 304 g/mol. The minimum absolute atomic E-state index is 0.176. The lowest BCUT2D eigenvalue weighted by molar-refractivity contribution is -0.134. The molecule has 0 saturated heterocycles. The zero-order chi connectivity index (χ0) is 16.3.